The third kappa shape index (κ3) is 4.92. The van der Waals surface area contributed by atoms with Crippen molar-refractivity contribution in [3.63, 3.8) is 0 Å². The van der Waals surface area contributed by atoms with Crippen molar-refractivity contribution in [2.45, 2.75) is 57.6 Å². The van der Waals surface area contributed by atoms with Crippen LogP contribution in [-0.4, -0.2) is 66.1 Å². The molecule has 1 saturated carbocycles. The van der Waals surface area contributed by atoms with Crippen molar-refractivity contribution < 1.29 is 27.4 Å². The van der Waals surface area contributed by atoms with Crippen LogP contribution in [0.15, 0.2) is 12.1 Å². The number of carbonyl (C=O) groups excluding carboxylic acids is 1. The summed E-state index contributed by atoms with van der Waals surface area (Å²) in [6.07, 6.45) is -2.78. The zero-order valence-electron chi connectivity index (χ0n) is 18.4. The number of benzene rings is 1. The molecule has 4 rings (SSSR count). The minimum Gasteiger partial charge on any atom is -0.385 e. The van der Waals surface area contributed by atoms with Crippen molar-refractivity contribution in [1.82, 2.24) is 20.0 Å². The molecule has 1 aliphatic carbocycles. The first-order valence-electron chi connectivity index (χ1n) is 11.0. The number of methoxy groups -OCH3 is 1. The number of morpholine rings is 1. The van der Waals surface area contributed by atoms with Crippen LogP contribution in [-0.2, 0) is 33.5 Å². The molecule has 1 atom stereocenters. The molecule has 1 N–H and O–H groups in total. The van der Waals surface area contributed by atoms with Crippen molar-refractivity contribution in [2.75, 3.05) is 33.4 Å². The number of nitrogens with one attached hydrogen (secondary N) is 1. The van der Waals surface area contributed by atoms with Crippen LogP contribution in [0.3, 0.4) is 0 Å². The Kier molecular flexibility index (Phi) is 6.73. The lowest BCUT2D eigenvalue weighted by atomic mass is 10.0. The first kappa shape index (κ1) is 23.0. The molecule has 0 spiro atoms. The van der Waals surface area contributed by atoms with Gasteiger partial charge in [0.1, 0.15) is 6.10 Å². The second kappa shape index (κ2) is 9.36. The number of carbonyl (C=O) groups is 1. The largest absolute Gasteiger partial charge is 0.417 e. The second-order valence-corrected chi connectivity index (χ2v) is 8.45. The molecule has 176 valence electrons. The van der Waals surface area contributed by atoms with Gasteiger partial charge in [-0.05, 0) is 43.9 Å². The zero-order chi connectivity index (χ0) is 22.9. The summed E-state index contributed by atoms with van der Waals surface area (Å²) in [7, 11) is 1.58. The molecule has 32 heavy (non-hydrogen) atoms. The average molecular weight is 454 g/mol. The molecule has 0 unspecified atom stereocenters. The number of fused-ring (bicyclic) bond motifs is 1. The molecule has 7 nitrogen and oxygen atoms in total. The fraction of sp³-hybridized carbons (Fsp3) is 0.636. The summed E-state index contributed by atoms with van der Waals surface area (Å²) >= 11 is 0. The lowest BCUT2D eigenvalue weighted by Gasteiger charge is -2.30. The SMILES string of the molecule is COCCCn1nc(C)c2c(C(F)(F)F)cc(CN(C(=O)[C@H]3CNCCO3)C3CC3)cc21. The predicted molar refractivity (Wildman–Crippen MR) is 112 cm³/mol. The standard InChI is InChI=1S/C22H29F3N4O3/c1-14-20-17(22(23,24)25)10-15(11-18(20)29(27-14)7-3-8-31-2)13-28(16-4-5-16)21(30)19-12-26-6-9-32-19/h10-11,16,19,26H,3-9,12-13H2,1-2H3/t19-/m1/s1. The van der Waals surface area contributed by atoms with Gasteiger partial charge in [-0.2, -0.15) is 18.3 Å². The lowest BCUT2D eigenvalue weighted by Crippen LogP contribution is -2.49. The first-order valence-corrected chi connectivity index (χ1v) is 11.0. The Balaban J connectivity index is 1.69. The second-order valence-electron chi connectivity index (χ2n) is 8.45. The Morgan fingerprint density at radius 3 is 2.78 bits per heavy atom. The number of hydrogen-bond donors (Lipinski definition) is 1. The van der Waals surface area contributed by atoms with E-state index in [2.05, 4.69) is 10.4 Å². The fourth-order valence-corrected chi connectivity index (χ4v) is 4.28. The summed E-state index contributed by atoms with van der Waals surface area (Å²) in [4.78, 5) is 14.8. The van der Waals surface area contributed by atoms with Crippen molar-refractivity contribution in [3.05, 3.63) is 29.0 Å². The van der Waals surface area contributed by atoms with E-state index >= 15 is 0 Å². The monoisotopic (exact) mass is 454 g/mol. The Labute approximate surface area is 184 Å². The van der Waals surface area contributed by atoms with Crippen LogP contribution in [0.5, 0.6) is 0 Å². The molecular weight excluding hydrogens is 425 g/mol. The van der Waals surface area contributed by atoms with E-state index < -0.39 is 17.8 Å². The van der Waals surface area contributed by atoms with Crippen molar-refractivity contribution in [3.8, 4) is 0 Å². The summed E-state index contributed by atoms with van der Waals surface area (Å²) in [6, 6.07) is 2.95. The maximum absolute atomic E-state index is 14.0. The van der Waals surface area contributed by atoms with E-state index in [0.29, 0.717) is 56.0 Å². The van der Waals surface area contributed by atoms with E-state index in [4.69, 9.17) is 9.47 Å². The highest BCUT2D eigenvalue weighted by atomic mass is 19.4. The quantitative estimate of drug-likeness (QED) is 0.622. The molecule has 2 aromatic rings. The number of aromatic nitrogens is 2. The van der Waals surface area contributed by atoms with Gasteiger partial charge in [0.05, 0.1) is 23.4 Å². The molecule has 2 aliphatic rings. The molecule has 1 aromatic carbocycles. The smallest absolute Gasteiger partial charge is 0.385 e. The van der Waals surface area contributed by atoms with Gasteiger partial charge in [-0.1, -0.05) is 0 Å². The van der Waals surface area contributed by atoms with Gasteiger partial charge in [-0.3, -0.25) is 9.48 Å². The summed E-state index contributed by atoms with van der Waals surface area (Å²) in [5.74, 6) is -0.168. The molecule has 0 bridgehead atoms. The average Bonchev–Trinajstić information content (AvgIpc) is 3.56. The van der Waals surface area contributed by atoms with Gasteiger partial charge in [0.15, 0.2) is 0 Å². The molecule has 2 heterocycles. The number of ether oxygens (including phenoxy) is 2. The van der Waals surface area contributed by atoms with Gasteiger partial charge >= 0.3 is 6.18 Å². The number of alkyl halides is 3. The van der Waals surface area contributed by atoms with Crippen molar-refractivity contribution >= 4 is 16.8 Å². The van der Waals surface area contributed by atoms with Crippen LogP contribution in [0.1, 0.15) is 36.1 Å². The number of rotatable bonds is 8. The minimum atomic E-state index is -4.52. The Morgan fingerprint density at radius 2 is 2.16 bits per heavy atom. The van der Waals surface area contributed by atoms with Crippen molar-refractivity contribution in [1.29, 1.82) is 0 Å². The third-order valence-corrected chi connectivity index (χ3v) is 5.94. The number of amides is 1. The number of halogens is 3. The van der Waals surface area contributed by atoms with Gasteiger partial charge < -0.3 is 19.7 Å². The number of hydrogen-bond acceptors (Lipinski definition) is 5. The Hall–Kier alpha value is -2.17. The van der Waals surface area contributed by atoms with E-state index in [1.54, 1.807) is 29.7 Å². The van der Waals surface area contributed by atoms with E-state index in [-0.39, 0.29) is 23.9 Å². The molecule has 1 aromatic heterocycles. The van der Waals surface area contributed by atoms with Gasteiger partial charge in [0.2, 0.25) is 0 Å². The molecular formula is C22H29F3N4O3. The Bertz CT molecular complexity index is 965. The number of nitrogens with zero attached hydrogens (tertiary/aromatic N) is 3. The van der Waals surface area contributed by atoms with E-state index in [0.717, 1.165) is 12.8 Å². The van der Waals surface area contributed by atoms with E-state index in [9.17, 15) is 18.0 Å². The maximum atomic E-state index is 14.0. The summed E-state index contributed by atoms with van der Waals surface area (Å²) in [5.41, 5.74) is 0.510. The van der Waals surface area contributed by atoms with Crippen LogP contribution >= 0.6 is 0 Å². The summed E-state index contributed by atoms with van der Waals surface area (Å²) < 4.78 is 54.2. The minimum absolute atomic E-state index is 0.0476. The van der Waals surface area contributed by atoms with Crippen molar-refractivity contribution in [2.24, 2.45) is 0 Å². The third-order valence-electron chi connectivity index (χ3n) is 5.94. The molecule has 1 saturated heterocycles. The normalized spacial score (nSPS) is 19.5. The van der Waals surface area contributed by atoms with Gasteiger partial charge in [0.25, 0.3) is 5.91 Å². The lowest BCUT2D eigenvalue weighted by molar-refractivity contribution is -0.146. The highest BCUT2D eigenvalue weighted by Gasteiger charge is 2.38. The van der Waals surface area contributed by atoms with Crippen LogP contribution in [0.2, 0.25) is 0 Å². The van der Waals surface area contributed by atoms with Gasteiger partial charge in [-0.25, -0.2) is 0 Å². The zero-order valence-corrected chi connectivity index (χ0v) is 18.4. The summed E-state index contributed by atoms with van der Waals surface area (Å²) in [5, 5.41) is 7.62. The van der Waals surface area contributed by atoms with Gasteiger partial charge in [-0.15, -0.1) is 0 Å². The molecule has 1 amide bonds. The molecule has 10 heteroatoms. The van der Waals surface area contributed by atoms with E-state index in [1.807, 2.05) is 0 Å². The van der Waals surface area contributed by atoms with Crippen LogP contribution in [0.25, 0.3) is 10.9 Å². The highest BCUT2D eigenvalue weighted by molar-refractivity contribution is 5.87. The topological polar surface area (TPSA) is 68.6 Å². The fourth-order valence-electron chi connectivity index (χ4n) is 4.28. The highest BCUT2D eigenvalue weighted by Crippen LogP contribution is 2.38. The molecule has 0 radical (unpaired) electrons. The molecule has 2 fully saturated rings. The first-order chi connectivity index (χ1) is 15.3. The Morgan fingerprint density at radius 1 is 1.38 bits per heavy atom. The van der Waals surface area contributed by atoms with Crippen LogP contribution in [0, 0.1) is 6.92 Å². The van der Waals surface area contributed by atoms with Crippen LogP contribution < -0.4 is 5.32 Å². The predicted octanol–water partition coefficient (Wildman–Crippen LogP) is 2.88. The number of aryl methyl sites for hydroxylation is 2. The van der Waals surface area contributed by atoms with Crippen LogP contribution in [0.4, 0.5) is 13.2 Å². The van der Waals surface area contributed by atoms with E-state index in [1.165, 1.54) is 6.07 Å². The maximum Gasteiger partial charge on any atom is 0.417 e. The summed E-state index contributed by atoms with van der Waals surface area (Å²) in [6.45, 7) is 4.20. The molecule has 1 aliphatic heterocycles. The van der Waals surface area contributed by atoms with Gasteiger partial charge in [0, 0.05) is 51.3 Å².